The second-order valence-corrected chi connectivity index (χ2v) is 7.07. The first kappa shape index (κ1) is 16.8. The van der Waals surface area contributed by atoms with Crippen molar-refractivity contribution in [1.82, 2.24) is 9.62 Å². The van der Waals surface area contributed by atoms with E-state index in [4.69, 9.17) is 0 Å². The molecule has 0 aromatic heterocycles. The van der Waals surface area contributed by atoms with E-state index in [1.165, 1.54) is 28.6 Å². The number of carbonyl (C=O) groups excluding carboxylic acids is 1. The lowest BCUT2D eigenvalue weighted by atomic mass is 10.2. The maximum Gasteiger partial charge on any atom is 0.315 e. The van der Waals surface area contributed by atoms with E-state index >= 15 is 0 Å². The monoisotopic (exact) mass is 332 g/mol. The van der Waals surface area contributed by atoms with Crippen molar-refractivity contribution >= 4 is 15.9 Å². The van der Waals surface area contributed by atoms with E-state index in [0.717, 1.165) is 19.3 Å². The molecule has 122 valence electrons. The van der Waals surface area contributed by atoms with Crippen LogP contribution < -0.4 is 5.32 Å². The molecule has 22 heavy (non-hydrogen) atoms. The topological polar surface area (TPSA) is 66.5 Å². The molecule has 1 heterocycles. The van der Waals surface area contributed by atoms with Crippen LogP contribution >= 0.6 is 0 Å². The molecule has 0 spiro atoms. The van der Waals surface area contributed by atoms with E-state index in [9.17, 15) is 22.0 Å². The third kappa shape index (κ3) is 4.01. The number of sulfonamides is 1. The summed E-state index contributed by atoms with van der Waals surface area (Å²) in [5.41, 5.74) is 0.562. The van der Waals surface area contributed by atoms with E-state index in [0.29, 0.717) is 18.7 Å². The zero-order valence-corrected chi connectivity index (χ0v) is 12.8. The summed E-state index contributed by atoms with van der Waals surface area (Å²) < 4.78 is 50.4. The summed E-state index contributed by atoms with van der Waals surface area (Å²) in [5, 5.41) is 2.07. The van der Waals surface area contributed by atoms with Gasteiger partial charge in [-0.15, -0.1) is 0 Å². The van der Waals surface area contributed by atoms with Gasteiger partial charge in [-0.2, -0.15) is 13.1 Å². The van der Waals surface area contributed by atoms with Gasteiger partial charge in [0.05, 0.1) is 4.90 Å². The summed E-state index contributed by atoms with van der Waals surface area (Å²) in [5.74, 6) is -1.34. The summed E-state index contributed by atoms with van der Waals surface area (Å²) >= 11 is 0. The quantitative estimate of drug-likeness (QED) is 0.893. The summed E-state index contributed by atoms with van der Waals surface area (Å²) in [6.45, 7) is 0.982. The maximum absolute atomic E-state index is 12.4. The number of hydrogen-bond acceptors (Lipinski definition) is 3. The van der Waals surface area contributed by atoms with Crippen molar-refractivity contribution in [3.05, 3.63) is 29.8 Å². The molecular weight excluding hydrogens is 314 g/mol. The van der Waals surface area contributed by atoms with Crippen LogP contribution in [0.1, 0.15) is 24.8 Å². The predicted octanol–water partition coefficient (Wildman–Crippen LogP) is 1.74. The van der Waals surface area contributed by atoms with Crippen molar-refractivity contribution in [3.8, 4) is 0 Å². The second-order valence-electron chi connectivity index (χ2n) is 5.13. The molecule has 0 bridgehead atoms. The van der Waals surface area contributed by atoms with E-state index in [-0.39, 0.29) is 11.4 Å². The number of rotatable bonds is 5. The van der Waals surface area contributed by atoms with Gasteiger partial charge in [0.1, 0.15) is 0 Å². The number of carbonyl (C=O) groups is 1. The Morgan fingerprint density at radius 3 is 2.27 bits per heavy atom. The van der Waals surface area contributed by atoms with Crippen molar-refractivity contribution in [2.75, 3.05) is 13.1 Å². The van der Waals surface area contributed by atoms with Gasteiger partial charge in [0.25, 0.3) is 5.91 Å². The highest BCUT2D eigenvalue weighted by Gasteiger charge is 2.25. The van der Waals surface area contributed by atoms with Crippen LogP contribution in [0.3, 0.4) is 0 Å². The zero-order valence-electron chi connectivity index (χ0n) is 12.0. The molecule has 0 radical (unpaired) electrons. The molecule has 1 aromatic rings. The summed E-state index contributed by atoms with van der Waals surface area (Å²) in [6, 6.07) is 5.91. The molecule has 1 amide bonds. The first-order valence-electron chi connectivity index (χ1n) is 7.06. The number of nitrogens with zero attached hydrogens (tertiary/aromatic N) is 1. The highest BCUT2D eigenvalue weighted by Crippen LogP contribution is 2.20. The fourth-order valence-corrected chi connectivity index (χ4v) is 3.82. The number of amides is 1. The number of benzene rings is 1. The molecule has 0 aliphatic carbocycles. The lowest BCUT2D eigenvalue weighted by Crippen LogP contribution is -2.35. The highest BCUT2D eigenvalue weighted by atomic mass is 32.2. The third-order valence-corrected chi connectivity index (χ3v) is 5.45. The fourth-order valence-electron chi connectivity index (χ4n) is 2.30. The SMILES string of the molecule is O=C(NCc1ccc(S(=O)(=O)N2CCCCC2)cc1)C(F)F. The van der Waals surface area contributed by atoms with E-state index < -0.39 is 22.4 Å². The van der Waals surface area contributed by atoms with E-state index in [2.05, 4.69) is 5.32 Å². The molecule has 2 rings (SSSR count). The Morgan fingerprint density at radius 2 is 1.73 bits per heavy atom. The van der Waals surface area contributed by atoms with Gasteiger partial charge in [-0.3, -0.25) is 4.79 Å². The van der Waals surface area contributed by atoms with Crippen molar-refractivity contribution in [1.29, 1.82) is 0 Å². The largest absolute Gasteiger partial charge is 0.347 e. The average molecular weight is 332 g/mol. The Balaban J connectivity index is 2.03. The first-order valence-corrected chi connectivity index (χ1v) is 8.50. The number of hydrogen-bond donors (Lipinski definition) is 1. The summed E-state index contributed by atoms with van der Waals surface area (Å²) in [7, 11) is -3.50. The minimum absolute atomic E-state index is 0.0623. The fraction of sp³-hybridized carbons (Fsp3) is 0.500. The molecule has 0 atom stereocenters. The second kappa shape index (κ2) is 7.15. The zero-order chi connectivity index (χ0) is 16.2. The van der Waals surface area contributed by atoms with Crippen LogP contribution in [0.5, 0.6) is 0 Å². The predicted molar refractivity (Wildman–Crippen MR) is 76.9 cm³/mol. The summed E-state index contributed by atoms with van der Waals surface area (Å²) in [4.78, 5) is 11.0. The van der Waals surface area contributed by atoms with Gasteiger partial charge < -0.3 is 5.32 Å². The van der Waals surface area contributed by atoms with Crippen LogP contribution in [-0.2, 0) is 21.4 Å². The number of alkyl halides is 2. The van der Waals surface area contributed by atoms with Gasteiger partial charge in [0, 0.05) is 19.6 Å². The lowest BCUT2D eigenvalue weighted by Gasteiger charge is -2.25. The minimum atomic E-state index is -3.50. The van der Waals surface area contributed by atoms with Crippen LogP contribution in [0.4, 0.5) is 8.78 Å². The van der Waals surface area contributed by atoms with Crippen molar-refractivity contribution in [3.63, 3.8) is 0 Å². The molecule has 8 heteroatoms. The minimum Gasteiger partial charge on any atom is -0.347 e. The molecular formula is C14H18F2N2O3S. The molecule has 0 unspecified atom stereocenters. The normalized spacial score (nSPS) is 16.7. The number of nitrogens with one attached hydrogen (secondary N) is 1. The number of halogens is 2. The Morgan fingerprint density at radius 1 is 1.14 bits per heavy atom. The Bertz CT molecular complexity index is 611. The lowest BCUT2D eigenvalue weighted by molar-refractivity contribution is -0.131. The van der Waals surface area contributed by atoms with Crippen LogP contribution in [0, 0.1) is 0 Å². The van der Waals surface area contributed by atoms with E-state index in [1.807, 2.05) is 0 Å². The smallest absolute Gasteiger partial charge is 0.315 e. The molecule has 1 fully saturated rings. The van der Waals surface area contributed by atoms with Gasteiger partial charge in [-0.25, -0.2) is 8.42 Å². The van der Waals surface area contributed by atoms with Crippen LogP contribution in [0.25, 0.3) is 0 Å². The molecule has 1 N–H and O–H groups in total. The summed E-state index contributed by atoms with van der Waals surface area (Å²) in [6.07, 6.45) is -0.304. The molecule has 1 aliphatic rings. The van der Waals surface area contributed by atoms with Crippen molar-refractivity contribution in [2.24, 2.45) is 0 Å². The highest BCUT2D eigenvalue weighted by molar-refractivity contribution is 7.89. The third-order valence-electron chi connectivity index (χ3n) is 3.54. The molecule has 5 nitrogen and oxygen atoms in total. The Labute approximate surface area is 128 Å². The van der Waals surface area contributed by atoms with E-state index in [1.54, 1.807) is 0 Å². The average Bonchev–Trinajstić information content (AvgIpc) is 2.53. The van der Waals surface area contributed by atoms with Gasteiger partial charge in [0.2, 0.25) is 10.0 Å². The van der Waals surface area contributed by atoms with Gasteiger partial charge in [-0.05, 0) is 30.5 Å². The van der Waals surface area contributed by atoms with Crippen molar-refractivity contribution in [2.45, 2.75) is 37.1 Å². The first-order chi connectivity index (χ1) is 10.4. The van der Waals surface area contributed by atoms with Gasteiger partial charge in [-0.1, -0.05) is 18.6 Å². The molecule has 0 saturated carbocycles. The molecule has 1 aliphatic heterocycles. The Hall–Kier alpha value is -1.54. The molecule has 1 saturated heterocycles. The Kier molecular flexibility index (Phi) is 5.47. The maximum atomic E-state index is 12.4. The standard InChI is InChI=1S/C14H18F2N2O3S/c15-13(16)14(19)17-10-11-4-6-12(7-5-11)22(20,21)18-8-2-1-3-9-18/h4-7,13H,1-3,8-10H2,(H,17,19). The molecule has 1 aromatic carbocycles. The van der Waals surface area contributed by atoms with Crippen molar-refractivity contribution < 1.29 is 22.0 Å². The van der Waals surface area contributed by atoms with Gasteiger partial charge >= 0.3 is 6.43 Å². The van der Waals surface area contributed by atoms with Crippen LogP contribution in [-0.4, -0.2) is 38.1 Å². The van der Waals surface area contributed by atoms with Crippen LogP contribution in [0.15, 0.2) is 29.2 Å². The van der Waals surface area contributed by atoms with Crippen LogP contribution in [0.2, 0.25) is 0 Å². The number of piperidine rings is 1. The van der Waals surface area contributed by atoms with Gasteiger partial charge in [0.15, 0.2) is 0 Å².